The van der Waals surface area contributed by atoms with E-state index in [1.54, 1.807) is 7.11 Å². The molecule has 1 saturated carbocycles. The average Bonchev–Trinajstić information content (AvgIpc) is 2.88. The maximum Gasteiger partial charge on any atom is 0.174 e. The van der Waals surface area contributed by atoms with Gasteiger partial charge in [0.2, 0.25) is 0 Å². The standard InChI is InChI=1S/C18H21NO3.ClH/c1-19-8-7-18-11-4-5-13(20)17(18)22-16-14(21-2)6-3-10(15(16)18)9-12(11)19;/h3,6,11-12,17H,4-5,7-9H2,1-2H3;1H. The molecule has 4 atom stereocenters. The fourth-order valence-corrected chi connectivity index (χ4v) is 5.67. The van der Waals surface area contributed by atoms with Crippen molar-refractivity contribution >= 4 is 18.2 Å². The molecule has 5 heteroatoms. The van der Waals surface area contributed by atoms with Crippen molar-refractivity contribution in [3.05, 3.63) is 23.3 Å². The van der Waals surface area contributed by atoms with E-state index in [0.717, 1.165) is 37.3 Å². The number of piperidine rings is 1. The van der Waals surface area contributed by atoms with Gasteiger partial charge in [-0.2, -0.15) is 0 Å². The molecule has 1 aromatic rings. The van der Waals surface area contributed by atoms with Crippen LogP contribution >= 0.6 is 12.4 Å². The second kappa shape index (κ2) is 4.87. The van der Waals surface area contributed by atoms with E-state index in [1.165, 1.54) is 11.1 Å². The van der Waals surface area contributed by atoms with Crippen molar-refractivity contribution in [2.24, 2.45) is 5.92 Å². The normalized spacial score (nSPS) is 36.8. The van der Waals surface area contributed by atoms with Crippen LogP contribution in [0.3, 0.4) is 0 Å². The average molecular weight is 336 g/mol. The zero-order valence-electron chi connectivity index (χ0n) is 13.5. The summed E-state index contributed by atoms with van der Waals surface area (Å²) in [5.41, 5.74) is 2.57. The van der Waals surface area contributed by atoms with Gasteiger partial charge in [0.05, 0.1) is 7.11 Å². The minimum atomic E-state index is -0.284. The molecule has 124 valence electrons. The zero-order chi connectivity index (χ0) is 15.1. The molecule has 4 nitrogen and oxygen atoms in total. The maximum absolute atomic E-state index is 12.6. The first-order chi connectivity index (χ1) is 10.7. The molecule has 1 saturated heterocycles. The molecule has 23 heavy (non-hydrogen) atoms. The summed E-state index contributed by atoms with van der Waals surface area (Å²) in [6, 6.07) is 4.73. The summed E-state index contributed by atoms with van der Waals surface area (Å²) in [4.78, 5) is 15.1. The highest BCUT2D eigenvalue weighted by Crippen LogP contribution is 2.62. The Morgan fingerprint density at radius 2 is 2.22 bits per heavy atom. The lowest BCUT2D eigenvalue weighted by atomic mass is 9.52. The Kier molecular flexibility index (Phi) is 3.23. The number of ether oxygens (including phenoxy) is 2. The summed E-state index contributed by atoms with van der Waals surface area (Å²) in [6.07, 6.45) is 3.47. The second-order valence-electron chi connectivity index (χ2n) is 7.28. The lowest BCUT2D eigenvalue weighted by molar-refractivity contribution is -0.138. The SMILES string of the molecule is COc1ccc2c3c1OC1C(=O)CCC4C(C2)N(C)CCC314.Cl. The number of benzene rings is 1. The highest BCUT2D eigenvalue weighted by atomic mass is 35.5. The number of hydrogen-bond donors (Lipinski definition) is 0. The third kappa shape index (κ3) is 1.64. The van der Waals surface area contributed by atoms with Crippen LogP contribution in [0.5, 0.6) is 11.5 Å². The molecule has 4 unspecified atom stereocenters. The Morgan fingerprint density at radius 3 is 3.00 bits per heavy atom. The number of nitrogens with zero attached hydrogens (tertiary/aromatic N) is 1. The maximum atomic E-state index is 12.6. The van der Waals surface area contributed by atoms with Crippen molar-refractivity contribution in [1.82, 2.24) is 4.90 Å². The third-order valence-electron chi connectivity index (χ3n) is 6.59. The molecule has 2 aliphatic carbocycles. The van der Waals surface area contributed by atoms with Crippen LogP contribution in [0.2, 0.25) is 0 Å². The van der Waals surface area contributed by atoms with Crippen molar-refractivity contribution in [2.45, 2.75) is 43.2 Å². The summed E-state index contributed by atoms with van der Waals surface area (Å²) in [5, 5.41) is 0. The van der Waals surface area contributed by atoms with Crippen LogP contribution in [-0.4, -0.2) is 43.5 Å². The molecule has 2 fully saturated rings. The summed E-state index contributed by atoms with van der Waals surface area (Å²) < 4.78 is 11.8. The van der Waals surface area contributed by atoms with Crippen LogP contribution in [0.4, 0.5) is 0 Å². The number of ketones is 1. The summed E-state index contributed by atoms with van der Waals surface area (Å²) >= 11 is 0. The molecule has 0 radical (unpaired) electrons. The number of rotatable bonds is 1. The van der Waals surface area contributed by atoms with Crippen LogP contribution in [0.1, 0.15) is 30.4 Å². The van der Waals surface area contributed by atoms with E-state index < -0.39 is 0 Å². The smallest absolute Gasteiger partial charge is 0.174 e. The predicted molar refractivity (Wildman–Crippen MR) is 88.8 cm³/mol. The van der Waals surface area contributed by atoms with Gasteiger partial charge in [0.15, 0.2) is 23.4 Å². The van der Waals surface area contributed by atoms with Crippen molar-refractivity contribution in [3.63, 3.8) is 0 Å². The fraction of sp³-hybridized carbons (Fsp3) is 0.611. The largest absolute Gasteiger partial charge is 0.493 e. The first-order valence-corrected chi connectivity index (χ1v) is 8.27. The Hall–Kier alpha value is -1.26. The van der Waals surface area contributed by atoms with E-state index in [2.05, 4.69) is 18.0 Å². The van der Waals surface area contributed by atoms with Gasteiger partial charge in [-0.25, -0.2) is 0 Å². The van der Waals surface area contributed by atoms with E-state index in [1.807, 2.05) is 6.07 Å². The van der Waals surface area contributed by atoms with Gasteiger partial charge in [0.25, 0.3) is 0 Å². The van der Waals surface area contributed by atoms with E-state index in [9.17, 15) is 4.79 Å². The van der Waals surface area contributed by atoms with Gasteiger partial charge >= 0.3 is 0 Å². The minimum absolute atomic E-state index is 0. The Morgan fingerprint density at radius 1 is 1.39 bits per heavy atom. The number of likely N-dealkylation sites (N-methyl/N-ethyl adjacent to an activating group) is 1. The van der Waals surface area contributed by atoms with Crippen molar-refractivity contribution < 1.29 is 14.3 Å². The van der Waals surface area contributed by atoms with Crippen LogP contribution < -0.4 is 9.47 Å². The van der Waals surface area contributed by atoms with Gasteiger partial charge in [-0.15, -0.1) is 12.4 Å². The van der Waals surface area contributed by atoms with Crippen LogP contribution in [-0.2, 0) is 16.6 Å². The molecule has 0 N–H and O–H groups in total. The molecule has 5 rings (SSSR count). The molecule has 2 bridgehead atoms. The van der Waals surface area contributed by atoms with Gasteiger partial charge in [0, 0.05) is 23.4 Å². The number of Topliss-reactive ketones (excluding diaryl/α,β-unsaturated/α-hetero) is 1. The third-order valence-corrected chi connectivity index (χ3v) is 6.59. The van der Waals surface area contributed by atoms with E-state index in [-0.39, 0.29) is 29.7 Å². The van der Waals surface area contributed by atoms with Gasteiger partial charge < -0.3 is 14.4 Å². The Bertz CT molecular complexity index is 691. The monoisotopic (exact) mass is 335 g/mol. The summed E-state index contributed by atoms with van der Waals surface area (Å²) in [7, 11) is 3.91. The van der Waals surface area contributed by atoms with Gasteiger partial charge in [0.1, 0.15) is 0 Å². The van der Waals surface area contributed by atoms with Crippen molar-refractivity contribution in [1.29, 1.82) is 0 Å². The van der Waals surface area contributed by atoms with Crippen LogP contribution in [0, 0.1) is 5.92 Å². The van der Waals surface area contributed by atoms with Gasteiger partial charge in [-0.1, -0.05) is 6.07 Å². The molecule has 4 aliphatic rings. The quantitative estimate of drug-likeness (QED) is 0.789. The molecule has 0 aromatic heterocycles. The van der Waals surface area contributed by atoms with Crippen molar-refractivity contribution in [3.8, 4) is 11.5 Å². The molecule has 2 heterocycles. The van der Waals surface area contributed by atoms with Crippen molar-refractivity contribution in [2.75, 3.05) is 20.7 Å². The molecule has 1 aromatic carbocycles. The molecule has 0 amide bonds. The lowest BCUT2D eigenvalue weighted by Crippen LogP contribution is -2.65. The molecular weight excluding hydrogens is 314 g/mol. The van der Waals surface area contributed by atoms with Gasteiger partial charge in [-0.05, 0) is 50.4 Å². The Labute approximate surface area is 142 Å². The number of carbonyl (C=O) groups is 1. The predicted octanol–water partition coefficient (Wildman–Crippen LogP) is 2.36. The number of carbonyl (C=O) groups excluding carboxylic acids is 1. The topological polar surface area (TPSA) is 38.8 Å². The van der Waals surface area contributed by atoms with Crippen LogP contribution in [0.25, 0.3) is 0 Å². The number of halogens is 1. The summed E-state index contributed by atoms with van der Waals surface area (Å²) in [5.74, 6) is 2.46. The molecular formula is C18H22ClNO3. The highest BCUT2D eigenvalue weighted by Gasteiger charge is 2.65. The van der Waals surface area contributed by atoms with Crippen LogP contribution in [0.15, 0.2) is 12.1 Å². The highest BCUT2D eigenvalue weighted by molar-refractivity contribution is 5.89. The Balaban J connectivity index is 0.00000135. The molecule has 2 aliphatic heterocycles. The summed E-state index contributed by atoms with van der Waals surface area (Å²) in [6.45, 7) is 1.05. The minimum Gasteiger partial charge on any atom is -0.493 e. The first-order valence-electron chi connectivity index (χ1n) is 8.27. The number of likely N-dealkylation sites (tertiary alicyclic amines) is 1. The second-order valence-corrected chi connectivity index (χ2v) is 7.28. The zero-order valence-corrected chi connectivity index (χ0v) is 14.3. The van der Waals surface area contributed by atoms with E-state index >= 15 is 0 Å². The first kappa shape index (κ1) is 15.3. The number of methoxy groups -OCH3 is 1. The van der Waals surface area contributed by atoms with Gasteiger partial charge in [-0.3, -0.25) is 4.79 Å². The lowest BCUT2D eigenvalue weighted by Gasteiger charge is -2.57. The fourth-order valence-electron chi connectivity index (χ4n) is 5.67. The van der Waals surface area contributed by atoms with E-state index in [0.29, 0.717) is 18.4 Å². The molecule has 1 spiro atoms. The number of hydrogen-bond acceptors (Lipinski definition) is 4. The van der Waals surface area contributed by atoms with E-state index in [4.69, 9.17) is 9.47 Å².